The molecule has 0 spiro atoms. The second-order valence-corrected chi connectivity index (χ2v) is 5.58. The first-order valence-corrected chi connectivity index (χ1v) is 7.05. The van der Waals surface area contributed by atoms with Crippen molar-refractivity contribution >= 4 is 28.4 Å². The Morgan fingerprint density at radius 1 is 1.32 bits per heavy atom. The summed E-state index contributed by atoms with van der Waals surface area (Å²) in [5.41, 5.74) is 2.29. The normalized spacial score (nSPS) is 14.8. The minimum absolute atomic E-state index is 0.369. The first-order chi connectivity index (χ1) is 9.15. The van der Waals surface area contributed by atoms with Crippen LogP contribution in [0.3, 0.4) is 0 Å². The molecule has 1 aromatic carbocycles. The molecular formula is C14H18N4S. The van der Waals surface area contributed by atoms with Gasteiger partial charge < -0.3 is 14.8 Å². The maximum Gasteiger partial charge on any atom is 0.169 e. The average Bonchev–Trinajstić information content (AvgIpc) is 2.75. The van der Waals surface area contributed by atoms with Crippen molar-refractivity contribution in [1.82, 2.24) is 19.8 Å². The monoisotopic (exact) mass is 274 g/mol. The second-order valence-electron chi connectivity index (χ2n) is 5.19. The molecule has 1 N–H and O–H groups in total. The SMILES string of the molecule is CC(C)NC(=S)N1CCn2c(nc3ccccc32)C1. The number of benzene rings is 1. The van der Waals surface area contributed by atoms with Gasteiger partial charge in [-0.2, -0.15) is 0 Å². The summed E-state index contributed by atoms with van der Waals surface area (Å²) in [7, 11) is 0. The summed E-state index contributed by atoms with van der Waals surface area (Å²) < 4.78 is 2.30. The Bertz CT molecular complexity index is 617. The van der Waals surface area contributed by atoms with Gasteiger partial charge in [-0.1, -0.05) is 12.1 Å². The molecule has 0 unspecified atom stereocenters. The number of rotatable bonds is 1. The largest absolute Gasteiger partial charge is 0.360 e. The Kier molecular flexibility index (Phi) is 3.14. The van der Waals surface area contributed by atoms with Gasteiger partial charge in [0.2, 0.25) is 0 Å². The molecule has 100 valence electrons. The van der Waals surface area contributed by atoms with Crippen molar-refractivity contribution in [2.45, 2.75) is 33.0 Å². The molecule has 0 saturated carbocycles. The van der Waals surface area contributed by atoms with Crippen LogP contribution >= 0.6 is 12.2 Å². The number of fused-ring (bicyclic) bond motifs is 3. The topological polar surface area (TPSA) is 33.1 Å². The van der Waals surface area contributed by atoms with Crippen LogP contribution in [0.1, 0.15) is 19.7 Å². The molecule has 0 aliphatic carbocycles. The summed E-state index contributed by atoms with van der Waals surface area (Å²) in [5, 5.41) is 4.12. The maximum atomic E-state index is 5.44. The smallest absolute Gasteiger partial charge is 0.169 e. The molecule has 3 rings (SSSR count). The van der Waals surface area contributed by atoms with E-state index in [2.05, 4.69) is 46.8 Å². The van der Waals surface area contributed by atoms with Gasteiger partial charge in [0.1, 0.15) is 5.82 Å². The van der Waals surface area contributed by atoms with E-state index in [4.69, 9.17) is 17.2 Å². The summed E-state index contributed by atoms with van der Waals surface area (Å²) in [5.74, 6) is 1.10. The standard InChI is InChI=1S/C14H18N4S/c1-10(2)15-14(19)17-7-8-18-12-6-4-3-5-11(12)16-13(18)9-17/h3-6,10H,7-9H2,1-2H3,(H,15,19). The Balaban J connectivity index is 1.86. The number of nitrogens with one attached hydrogen (secondary N) is 1. The number of hydrogen-bond donors (Lipinski definition) is 1. The number of thiocarbonyl (C=S) groups is 1. The molecule has 0 radical (unpaired) electrons. The van der Waals surface area contributed by atoms with Crippen LogP contribution in [0.15, 0.2) is 24.3 Å². The first kappa shape index (κ1) is 12.4. The van der Waals surface area contributed by atoms with Crippen molar-refractivity contribution in [1.29, 1.82) is 0 Å². The fraction of sp³-hybridized carbons (Fsp3) is 0.429. The highest BCUT2D eigenvalue weighted by molar-refractivity contribution is 7.80. The molecule has 0 fully saturated rings. The predicted octanol–water partition coefficient (Wildman–Crippen LogP) is 2.13. The van der Waals surface area contributed by atoms with Gasteiger partial charge >= 0.3 is 0 Å². The molecule has 0 atom stereocenters. The van der Waals surface area contributed by atoms with Crippen molar-refractivity contribution in [3.63, 3.8) is 0 Å². The minimum Gasteiger partial charge on any atom is -0.360 e. The van der Waals surface area contributed by atoms with E-state index in [1.54, 1.807) is 0 Å². The van der Waals surface area contributed by atoms with Crippen LogP contribution in [-0.4, -0.2) is 32.2 Å². The Morgan fingerprint density at radius 2 is 2.11 bits per heavy atom. The van der Waals surface area contributed by atoms with Crippen LogP contribution in [0.4, 0.5) is 0 Å². The van der Waals surface area contributed by atoms with Gasteiger partial charge in [0.05, 0.1) is 17.6 Å². The number of aromatic nitrogens is 2. The summed E-state index contributed by atoms with van der Waals surface area (Å²) in [6, 6.07) is 8.66. The second kappa shape index (κ2) is 4.81. The lowest BCUT2D eigenvalue weighted by Crippen LogP contribution is -2.46. The molecule has 19 heavy (non-hydrogen) atoms. The predicted molar refractivity (Wildman–Crippen MR) is 81.0 cm³/mol. The molecule has 0 bridgehead atoms. The average molecular weight is 274 g/mol. The van der Waals surface area contributed by atoms with Gasteiger partial charge in [0.25, 0.3) is 0 Å². The molecule has 2 aromatic rings. The lowest BCUT2D eigenvalue weighted by Gasteiger charge is -2.31. The highest BCUT2D eigenvalue weighted by Crippen LogP contribution is 2.20. The van der Waals surface area contributed by atoms with Gasteiger partial charge in [-0.25, -0.2) is 4.98 Å². The summed E-state index contributed by atoms with van der Waals surface area (Å²) in [4.78, 5) is 6.89. The van der Waals surface area contributed by atoms with Crippen molar-refractivity contribution in [3.8, 4) is 0 Å². The van der Waals surface area contributed by atoms with Gasteiger partial charge in [-0.05, 0) is 38.2 Å². The molecule has 1 aromatic heterocycles. The van der Waals surface area contributed by atoms with Crippen LogP contribution in [0.2, 0.25) is 0 Å². The molecule has 2 heterocycles. The fourth-order valence-electron chi connectivity index (χ4n) is 2.48. The van der Waals surface area contributed by atoms with Crippen LogP contribution in [-0.2, 0) is 13.1 Å². The molecule has 1 aliphatic heterocycles. The third-order valence-corrected chi connectivity index (χ3v) is 3.73. The van der Waals surface area contributed by atoms with Gasteiger partial charge in [0.15, 0.2) is 5.11 Å². The van der Waals surface area contributed by atoms with E-state index in [0.29, 0.717) is 6.04 Å². The summed E-state index contributed by atoms with van der Waals surface area (Å²) >= 11 is 5.44. The van der Waals surface area contributed by atoms with Gasteiger partial charge in [-0.15, -0.1) is 0 Å². The zero-order valence-electron chi connectivity index (χ0n) is 11.3. The van der Waals surface area contributed by atoms with E-state index in [9.17, 15) is 0 Å². The Labute approximate surface area is 118 Å². The van der Waals surface area contributed by atoms with Crippen LogP contribution in [0.25, 0.3) is 11.0 Å². The van der Waals surface area contributed by atoms with Crippen LogP contribution in [0, 0.1) is 0 Å². The molecule has 0 saturated heterocycles. The molecule has 5 heteroatoms. The number of nitrogens with zero attached hydrogens (tertiary/aromatic N) is 3. The summed E-state index contributed by atoms with van der Waals surface area (Å²) in [6.45, 7) is 6.87. The third-order valence-electron chi connectivity index (χ3n) is 3.36. The molecular weight excluding hydrogens is 256 g/mol. The Hall–Kier alpha value is -1.62. The van der Waals surface area contributed by atoms with E-state index in [1.807, 2.05) is 6.07 Å². The van der Waals surface area contributed by atoms with Gasteiger partial charge in [-0.3, -0.25) is 0 Å². The maximum absolute atomic E-state index is 5.44. The quantitative estimate of drug-likeness (QED) is 0.808. The fourth-order valence-corrected chi connectivity index (χ4v) is 2.87. The van der Waals surface area contributed by atoms with Gasteiger partial charge in [0, 0.05) is 19.1 Å². The van der Waals surface area contributed by atoms with Crippen molar-refractivity contribution < 1.29 is 0 Å². The minimum atomic E-state index is 0.369. The molecule has 0 amide bonds. The zero-order valence-corrected chi connectivity index (χ0v) is 12.1. The van der Waals surface area contributed by atoms with E-state index in [-0.39, 0.29) is 0 Å². The van der Waals surface area contributed by atoms with Crippen molar-refractivity contribution in [2.75, 3.05) is 6.54 Å². The van der Waals surface area contributed by atoms with Crippen LogP contribution < -0.4 is 5.32 Å². The van der Waals surface area contributed by atoms with Crippen molar-refractivity contribution in [2.24, 2.45) is 0 Å². The summed E-state index contributed by atoms with van der Waals surface area (Å²) in [6.07, 6.45) is 0. The molecule has 4 nitrogen and oxygen atoms in total. The first-order valence-electron chi connectivity index (χ1n) is 6.65. The van der Waals surface area contributed by atoms with Crippen molar-refractivity contribution in [3.05, 3.63) is 30.1 Å². The number of hydrogen-bond acceptors (Lipinski definition) is 2. The Morgan fingerprint density at radius 3 is 2.89 bits per heavy atom. The van der Waals surface area contributed by atoms with E-state index in [1.165, 1.54) is 5.52 Å². The van der Waals surface area contributed by atoms with E-state index >= 15 is 0 Å². The lowest BCUT2D eigenvalue weighted by molar-refractivity contribution is 0.327. The number of imidazole rings is 1. The highest BCUT2D eigenvalue weighted by atomic mass is 32.1. The number of para-hydroxylation sites is 2. The third kappa shape index (κ3) is 2.30. The van der Waals surface area contributed by atoms with E-state index in [0.717, 1.165) is 36.1 Å². The van der Waals surface area contributed by atoms with Crippen LogP contribution in [0.5, 0.6) is 0 Å². The zero-order chi connectivity index (χ0) is 13.4. The lowest BCUT2D eigenvalue weighted by atomic mass is 10.3. The molecule has 1 aliphatic rings. The van der Waals surface area contributed by atoms with E-state index < -0.39 is 0 Å². The highest BCUT2D eigenvalue weighted by Gasteiger charge is 2.21.